The molecule has 1 N–H and O–H groups in total. The van der Waals surface area contributed by atoms with Gasteiger partial charge in [0.25, 0.3) is 0 Å². The Labute approximate surface area is 161 Å². The van der Waals surface area contributed by atoms with Crippen LogP contribution in [0.4, 0.5) is 11.4 Å². The Bertz CT molecular complexity index is 1010. The number of carbonyl (C=O) groups excluding carboxylic acids is 2. The normalized spacial score (nSPS) is 13.9. The fourth-order valence-corrected chi connectivity index (χ4v) is 3.85. The second kappa shape index (κ2) is 7.80. The minimum absolute atomic E-state index is 0.103. The summed E-state index contributed by atoms with van der Waals surface area (Å²) in [5.41, 5.74) is 2.35. The Hall–Kier alpha value is -2.86. The summed E-state index contributed by atoms with van der Waals surface area (Å²) in [4.78, 5) is 30.8. The molecular weight excluding hydrogens is 358 g/mol. The van der Waals surface area contributed by atoms with E-state index in [9.17, 15) is 9.59 Å². The van der Waals surface area contributed by atoms with Crippen molar-refractivity contribution in [3.63, 3.8) is 0 Å². The molecule has 136 valence electrons. The third-order valence-corrected chi connectivity index (χ3v) is 5.40. The first-order valence-electron chi connectivity index (χ1n) is 8.88. The highest BCUT2D eigenvalue weighted by atomic mass is 32.2. The standard InChI is InChI=1S/C21H19N3O2S/c25-19(14-27-20-12-11-15-6-1-2-7-16(15)23-20)22-17-8-3-4-9-18(17)24-13-5-10-21(24)26/h1-4,6-9,11-12H,5,10,13-14H2,(H,22,25). The van der Waals surface area contributed by atoms with Gasteiger partial charge in [-0.05, 0) is 30.7 Å². The number of para-hydroxylation sites is 3. The van der Waals surface area contributed by atoms with Crippen LogP contribution in [0.25, 0.3) is 10.9 Å². The highest BCUT2D eigenvalue weighted by Crippen LogP contribution is 2.29. The topological polar surface area (TPSA) is 62.3 Å². The number of amides is 2. The Morgan fingerprint density at radius 2 is 1.89 bits per heavy atom. The fourth-order valence-electron chi connectivity index (χ4n) is 3.17. The number of nitrogens with zero attached hydrogens (tertiary/aromatic N) is 2. The van der Waals surface area contributed by atoms with Crippen LogP contribution in [0.15, 0.2) is 65.7 Å². The monoisotopic (exact) mass is 377 g/mol. The predicted molar refractivity (Wildman–Crippen MR) is 109 cm³/mol. The van der Waals surface area contributed by atoms with Crippen LogP contribution in [0, 0.1) is 0 Å². The summed E-state index contributed by atoms with van der Waals surface area (Å²) in [6, 6.07) is 19.3. The first-order chi connectivity index (χ1) is 13.2. The zero-order valence-electron chi connectivity index (χ0n) is 14.7. The van der Waals surface area contributed by atoms with Crippen molar-refractivity contribution in [2.75, 3.05) is 22.5 Å². The minimum atomic E-state index is -0.117. The second-order valence-corrected chi connectivity index (χ2v) is 7.34. The third kappa shape index (κ3) is 3.95. The molecule has 1 aliphatic heterocycles. The van der Waals surface area contributed by atoms with Gasteiger partial charge in [-0.1, -0.05) is 48.2 Å². The molecule has 27 heavy (non-hydrogen) atoms. The molecule has 1 aromatic heterocycles. The fraction of sp³-hybridized carbons (Fsp3) is 0.190. The first-order valence-corrected chi connectivity index (χ1v) is 9.87. The van der Waals surface area contributed by atoms with E-state index in [0.717, 1.165) is 28.0 Å². The van der Waals surface area contributed by atoms with Gasteiger partial charge in [0.2, 0.25) is 11.8 Å². The lowest BCUT2D eigenvalue weighted by atomic mass is 10.2. The van der Waals surface area contributed by atoms with Crippen LogP contribution in [-0.4, -0.2) is 29.1 Å². The molecule has 0 spiro atoms. The lowest BCUT2D eigenvalue weighted by Gasteiger charge is -2.19. The smallest absolute Gasteiger partial charge is 0.234 e. The second-order valence-electron chi connectivity index (χ2n) is 6.35. The average Bonchev–Trinajstić information content (AvgIpc) is 3.12. The maximum Gasteiger partial charge on any atom is 0.234 e. The maximum atomic E-state index is 12.4. The lowest BCUT2D eigenvalue weighted by Crippen LogP contribution is -2.26. The van der Waals surface area contributed by atoms with E-state index in [-0.39, 0.29) is 17.6 Å². The average molecular weight is 377 g/mol. The molecule has 6 heteroatoms. The number of rotatable bonds is 5. The van der Waals surface area contributed by atoms with E-state index >= 15 is 0 Å². The van der Waals surface area contributed by atoms with Crippen LogP contribution in [-0.2, 0) is 9.59 Å². The number of carbonyl (C=O) groups is 2. The van der Waals surface area contributed by atoms with Gasteiger partial charge in [-0.3, -0.25) is 9.59 Å². The van der Waals surface area contributed by atoms with Crippen molar-refractivity contribution in [2.45, 2.75) is 17.9 Å². The van der Waals surface area contributed by atoms with Crippen molar-refractivity contribution in [2.24, 2.45) is 0 Å². The number of thioether (sulfide) groups is 1. The van der Waals surface area contributed by atoms with Gasteiger partial charge in [0.15, 0.2) is 0 Å². The SMILES string of the molecule is O=C(CSc1ccc2ccccc2n1)Nc1ccccc1N1CCCC1=O. The molecule has 2 heterocycles. The van der Waals surface area contributed by atoms with E-state index in [4.69, 9.17) is 0 Å². The van der Waals surface area contributed by atoms with E-state index in [1.807, 2.05) is 60.7 Å². The van der Waals surface area contributed by atoms with E-state index in [1.165, 1.54) is 11.8 Å². The van der Waals surface area contributed by atoms with Gasteiger partial charge < -0.3 is 10.2 Å². The van der Waals surface area contributed by atoms with Crippen molar-refractivity contribution >= 4 is 45.9 Å². The molecule has 0 bridgehead atoms. The van der Waals surface area contributed by atoms with Crippen LogP contribution in [0.5, 0.6) is 0 Å². The molecule has 2 amide bonds. The molecule has 5 nitrogen and oxygen atoms in total. The van der Waals surface area contributed by atoms with Crippen molar-refractivity contribution in [3.8, 4) is 0 Å². The van der Waals surface area contributed by atoms with Crippen molar-refractivity contribution in [3.05, 3.63) is 60.7 Å². The van der Waals surface area contributed by atoms with Crippen LogP contribution < -0.4 is 10.2 Å². The highest BCUT2D eigenvalue weighted by Gasteiger charge is 2.24. The number of aromatic nitrogens is 1. The van der Waals surface area contributed by atoms with E-state index in [0.29, 0.717) is 18.7 Å². The number of nitrogens with one attached hydrogen (secondary N) is 1. The predicted octanol–water partition coefficient (Wildman–Crippen LogP) is 4.09. The van der Waals surface area contributed by atoms with Crippen LogP contribution >= 0.6 is 11.8 Å². The summed E-state index contributed by atoms with van der Waals surface area (Å²) < 4.78 is 0. The van der Waals surface area contributed by atoms with Gasteiger partial charge in [0.1, 0.15) is 0 Å². The molecule has 4 rings (SSSR count). The summed E-state index contributed by atoms with van der Waals surface area (Å²) >= 11 is 1.40. The molecule has 0 radical (unpaired) electrons. The Morgan fingerprint density at radius 3 is 2.74 bits per heavy atom. The van der Waals surface area contributed by atoms with Crippen LogP contribution in [0.1, 0.15) is 12.8 Å². The van der Waals surface area contributed by atoms with Gasteiger partial charge in [0, 0.05) is 18.4 Å². The number of fused-ring (bicyclic) bond motifs is 1. The molecule has 0 unspecified atom stereocenters. The molecule has 1 aliphatic rings. The molecule has 0 saturated carbocycles. The Morgan fingerprint density at radius 1 is 1.07 bits per heavy atom. The van der Waals surface area contributed by atoms with Gasteiger partial charge in [0.05, 0.1) is 27.7 Å². The molecule has 1 saturated heterocycles. The number of anilines is 2. The number of pyridine rings is 1. The summed E-state index contributed by atoms with van der Waals surface area (Å²) in [6.45, 7) is 0.696. The number of benzene rings is 2. The maximum absolute atomic E-state index is 12.4. The molecule has 1 fully saturated rings. The summed E-state index contributed by atoms with van der Waals surface area (Å²) in [7, 11) is 0. The zero-order chi connectivity index (χ0) is 18.6. The van der Waals surface area contributed by atoms with Crippen LogP contribution in [0.3, 0.4) is 0 Å². The molecule has 0 aliphatic carbocycles. The van der Waals surface area contributed by atoms with E-state index in [2.05, 4.69) is 10.3 Å². The summed E-state index contributed by atoms with van der Waals surface area (Å²) in [6.07, 6.45) is 1.41. The Balaban J connectivity index is 1.43. The van der Waals surface area contributed by atoms with Gasteiger partial charge in [-0.15, -0.1) is 0 Å². The lowest BCUT2D eigenvalue weighted by molar-refractivity contribution is -0.117. The van der Waals surface area contributed by atoms with Crippen LogP contribution in [0.2, 0.25) is 0 Å². The number of hydrogen-bond acceptors (Lipinski definition) is 4. The zero-order valence-corrected chi connectivity index (χ0v) is 15.5. The van der Waals surface area contributed by atoms with E-state index in [1.54, 1.807) is 4.90 Å². The first kappa shape index (κ1) is 17.5. The molecule has 3 aromatic rings. The van der Waals surface area contributed by atoms with Gasteiger partial charge in [-0.25, -0.2) is 4.98 Å². The third-order valence-electron chi connectivity index (χ3n) is 4.47. The van der Waals surface area contributed by atoms with Gasteiger partial charge >= 0.3 is 0 Å². The van der Waals surface area contributed by atoms with E-state index < -0.39 is 0 Å². The van der Waals surface area contributed by atoms with Crippen molar-refractivity contribution < 1.29 is 9.59 Å². The highest BCUT2D eigenvalue weighted by molar-refractivity contribution is 7.99. The molecule has 2 aromatic carbocycles. The largest absolute Gasteiger partial charge is 0.324 e. The Kier molecular flexibility index (Phi) is 5.07. The van der Waals surface area contributed by atoms with Gasteiger partial charge in [-0.2, -0.15) is 0 Å². The summed E-state index contributed by atoms with van der Waals surface area (Å²) in [5.74, 6) is 0.244. The molecular formula is C21H19N3O2S. The quantitative estimate of drug-likeness (QED) is 0.680. The number of hydrogen-bond donors (Lipinski definition) is 1. The van der Waals surface area contributed by atoms with Crippen molar-refractivity contribution in [1.82, 2.24) is 4.98 Å². The van der Waals surface area contributed by atoms with Crippen molar-refractivity contribution in [1.29, 1.82) is 0 Å². The summed E-state index contributed by atoms with van der Waals surface area (Å²) in [5, 5.41) is 4.83. The molecule has 0 atom stereocenters. The minimum Gasteiger partial charge on any atom is -0.324 e.